The molecule has 0 aliphatic rings. The van der Waals surface area contributed by atoms with E-state index in [0.717, 1.165) is 5.82 Å². The third-order valence-corrected chi connectivity index (χ3v) is 3.15. The average molecular weight is 356 g/mol. The van der Waals surface area contributed by atoms with Crippen molar-refractivity contribution < 1.29 is 25.2 Å². The summed E-state index contributed by atoms with van der Waals surface area (Å²) in [5, 5.41) is 3.13. The number of nitrogens with zero attached hydrogens (tertiary/aromatic N) is 1. The Morgan fingerprint density at radius 1 is 1.04 bits per heavy atom. The fourth-order valence-corrected chi connectivity index (χ4v) is 1.84. The van der Waals surface area contributed by atoms with E-state index in [0.29, 0.717) is 58.4 Å². The third-order valence-electron chi connectivity index (χ3n) is 3.15. The maximum absolute atomic E-state index is 11.1. The number of carbonyl (C=O) groups is 1. The maximum Gasteiger partial charge on any atom is 0.161 e. The lowest BCUT2D eigenvalue weighted by Gasteiger charge is -2.09. The first-order valence-corrected chi connectivity index (χ1v) is 8.65. The highest BCUT2D eigenvalue weighted by molar-refractivity contribution is 5.93. The Kier molecular flexibility index (Phi) is 11.8. The van der Waals surface area contributed by atoms with Crippen molar-refractivity contribution in [3.8, 4) is 0 Å². The van der Waals surface area contributed by atoms with Crippen molar-refractivity contribution in [3.63, 3.8) is 0 Å². The summed E-state index contributed by atoms with van der Waals surface area (Å²) in [5.41, 5.74) is 0.607. The number of anilines is 1. The van der Waals surface area contributed by atoms with Gasteiger partial charge in [-0.2, -0.15) is 0 Å². The van der Waals surface area contributed by atoms with E-state index >= 15 is 0 Å². The Labute approximate surface area is 151 Å². The van der Waals surface area contributed by atoms with Gasteiger partial charge in [0.2, 0.25) is 0 Å². The molecule has 0 saturated heterocycles. The van der Waals surface area contributed by atoms with Crippen molar-refractivity contribution in [2.24, 2.45) is 0 Å². The number of nitrogens with one attached hydrogen (secondary N) is 1. The van der Waals surface area contributed by atoms with Crippen molar-refractivity contribution in [3.05, 3.63) is 23.9 Å². The molecular formula is C18H32N2O5. The molecule has 0 atom stereocenters. The number of ether oxygens (including phenoxy) is 4. The first-order valence-electron chi connectivity index (χ1n) is 8.65. The zero-order chi connectivity index (χ0) is 18.3. The zero-order valence-electron chi connectivity index (χ0n) is 15.5. The number of Topliss-reactive ketones (excluding diaryl/α,β-unsaturated/α-hetero) is 1. The number of aromatic nitrogens is 1. The maximum atomic E-state index is 11.1. The van der Waals surface area contributed by atoms with Crippen LogP contribution in [0.25, 0.3) is 0 Å². The van der Waals surface area contributed by atoms with Gasteiger partial charge in [0.05, 0.1) is 52.4 Å². The minimum Gasteiger partial charge on any atom is -0.377 e. The molecule has 0 fully saturated rings. The van der Waals surface area contributed by atoms with Gasteiger partial charge in [-0.3, -0.25) is 4.79 Å². The van der Waals surface area contributed by atoms with Crippen molar-refractivity contribution >= 4 is 11.6 Å². The molecule has 1 rings (SSSR count). The Morgan fingerprint density at radius 2 is 1.64 bits per heavy atom. The summed E-state index contributed by atoms with van der Waals surface area (Å²) in [4.78, 5) is 15.3. The van der Waals surface area contributed by atoms with Crippen LogP contribution in [0.5, 0.6) is 0 Å². The predicted molar refractivity (Wildman–Crippen MR) is 98.4 cm³/mol. The lowest BCUT2D eigenvalue weighted by atomic mass is 10.2. The highest BCUT2D eigenvalue weighted by Gasteiger charge is 1.99. The van der Waals surface area contributed by atoms with E-state index in [-0.39, 0.29) is 13.3 Å². The molecule has 1 N–H and O–H groups in total. The van der Waals surface area contributed by atoms with Gasteiger partial charge in [0.1, 0.15) is 5.82 Å². The van der Waals surface area contributed by atoms with Gasteiger partial charge in [-0.25, -0.2) is 4.98 Å². The Hall–Kier alpha value is -1.54. The predicted octanol–water partition coefficient (Wildman–Crippen LogP) is 2.42. The lowest BCUT2D eigenvalue weighted by Crippen LogP contribution is -2.15. The highest BCUT2D eigenvalue weighted by Crippen LogP contribution is 2.05. The van der Waals surface area contributed by atoms with Gasteiger partial charge < -0.3 is 24.3 Å². The number of ketones is 1. The third kappa shape index (κ3) is 11.6. The van der Waals surface area contributed by atoms with Crippen LogP contribution in [0.2, 0.25) is 0 Å². The summed E-state index contributed by atoms with van der Waals surface area (Å²) in [7, 11) is 0. The first-order chi connectivity index (χ1) is 12.1. The molecule has 7 heteroatoms. The molecule has 0 amide bonds. The van der Waals surface area contributed by atoms with Gasteiger partial charge in [-0.05, 0) is 32.9 Å². The quantitative estimate of drug-likeness (QED) is 0.382. The Bertz CT molecular complexity index is 471. The van der Waals surface area contributed by atoms with Gasteiger partial charge in [-0.1, -0.05) is 0 Å². The Balaban J connectivity index is 0.00000625. The number of hydrogen-bond acceptors (Lipinski definition) is 7. The van der Waals surface area contributed by atoms with Crippen LogP contribution in [0.1, 0.15) is 32.6 Å². The molecule has 25 heavy (non-hydrogen) atoms. The van der Waals surface area contributed by atoms with E-state index in [1.54, 1.807) is 18.3 Å². The summed E-state index contributed by atoms with van der Waals surface area (Å²) >= 11 is 0. The SMILES string of the molecule is CC(=O)c1ccc(NCCOCCOCCOCCOC(C)C)nc1.[HH]. The molecule has 0 saturated carbocycles. The summed E-state index contributed by atoms with van der Waals surface area (Å²) in [6.07, 6.45) is 1.80. The average Bonchev–Trinajstić information content (AvgIpc) is 2.59. The van der Waals surface area contributed by atoms with Crippen LogP contribution in [-0.4, -0.2) is 69.7 Å². The highest BCUT2D eigenvalue weighted by atomic mass is 16.6. The number of carbonyl (C=O) groups excluding carboxylic acids is 1. The van der Waals surface area contributed by atoms with Gasteiger partial charge in [0, 0.05) is 19.7 Å². The molecule has 0 bridgehead atoms. The van der Waals surface area contributed by atoms with Crippen LogP contribution < -0.4 is 5.32 Å². The molecule has 0 spiro atoms. The normalized spacial score (nSPS) is 11.0. The molecule has 0 radical (unpaired) electrons. The van der Waals surface area contributed by atoms with E-state index in [9.17, 15) is 4.79 Å². The summed E-state index contributed by atoms with van der Waals surface area (Å²) in [5.74, 6) is 0.736. The molecule has 7 nitrogen and oxygen atoms in total. The summed E-state index contributed by atoms with van der Waals surface area (Å²) in [6.45, 7) is 10.1. The van der Waals surface area contributed by atoms with Crippen molar-refractivity contribution in [1.29, 1.82) is 0 Å². The van der Waals surface area contributed by atoms with E-state index in [1.165, 1.54) is 6.92 Å². The van der Waals surface area contributed by atoms with E-state index in [1.807, 2.05) is 13.8 Å². The fraction of sp³-hybridized carbons (Fsp3) is 0.667. The smallest absolute Gasteiger partial charge is 0.161 e. The molecular weight excluding hydrogens is 324 g/mol. The van der Waals surface area contributed by atoms with Gasteiger partial charge >= 0.3 is 0 Å². The first kappa shape index (κ1) is 21.5. The van der Waals surface area contributed by atoms with Gasteiger partial charge in [0.25, 0.3) is 0 Å². The fourth-order valence-electron chi connectivity index (χ4n) is 1.84. The van der Waals surface area contributed by atoms with Crippen molar-refractivity contribution in [2.75, 3.05) is 58.1 Å². The van der Waals surface area contributed by atoms with Crippen LogP contribution in [0, 0.1) is 0 Å². The van der Waals surface area contributed by atoms with Gasteiger partial charge in [-0.15, -0.1) is 0 Å². The molecule has 1 aromatic rings. The number of pyridine rings is 1. The molecule has 1 heterocycles. The van der Waals surface area contributed by atoms with Crippen LogP contribution >= 0.6 is 0 Å². The van der Waals surface area contributed by atoms with Crippen LogP contribution in [0.3, 0.4) is 0 Å². The summed E-state index contributed by atoms with van der Waals surface area (Å²) < 4.78 is 21.6. The monoisotopic (exact) mass is 356 g/mol. The minimum absolute atomic E-state index is 0. The standard InChI is InChI=1S/C18H30N2O5.H2/c1-15(2)25-13-12-24-11-10-23-9-8-22-7-6-19-18-5-4-17(14-20-18)16(3)21;/h4-5,14-15H,6-13H2,1-3H3,(H,19,20);1H. The number of rotatable bonds is 15. The molecule has 1 aromatic heterocycles. The van der Waals surface area contributed by atoms with Gasteiger partial charge in [0.15, 0.2) is 5.78 Å². The van der Waals surface area contributed by atoms with Crippen LogP contribution in [0.15, 0.2) is 18.3 Å². The van der Waals surface area contributed by atoms with Crippen molar-refractivity contribution in [1.82, 2.24) is 4.98 Å². The van der Waals surface area contributed by atoms with Crippen LogP contribution in [-0.2, 0) is 18.9 Å². The second kappa shape index (κ2) is 13.7. The number of hydrogen-bond donors (Lipinski definition) is 1. The van der Waals surface area contributed by atoms with E-state index in [2.05, 4.69) is 10.3 Å². The second-order valence-electron chi connectivity index (χ2n) is 5.67. The van der Waals surface area contributed by atoms with E-state index < -0.39 is 0 Å². The molecule has 0 aliphatic carbocycles. The van der Waals surface area contributed by atoms with Crippen LogP contribution in [0.4, 0.5) is 5.82 Å². The molecule has 0 aliphatic heterocycles. The molecule has 0 unspecified atom stereocenters. The topological polar surface area (TPSA) is 78.9 Å². The lowest BCUT2D eigenvalue weighted by molar-refractivity contribution is -0.0110. The Morgan fingerprint density at radius 3 is 2.16 bits per heavy atom. The van der Waals surface area contributed by atoms with Crippen molar-refractivity contribution in [2.45, 2.75) is 26.9 Å². The minimum atomic E-state index is 0. The second-order valence-corrected chi connectivity index (χ2v) is 5.67. The van der Waals surface area contributed by atoms with E-state index in [4.69, 9.17) is 18.9 Å². The molecule has 144 valence electrons. The summed E-state index contributed by atoms with van der Waals surface area (Å²) in [6, 6.07) is 3.54. The molecule has 0 aromatic carbocycles. The zero-order valence-corrected chi connectivity index (χ0v) is 15.5. The largest absolute Gasteiger partial charge is 0.377 e.